The van der Waals surface area contributed by atoms with E-state index in [1.165, 1.54) is 11.3 Å². The minimum absolute atomic E-state index is 0.270. The van der Waals surface area contributed by atoms with Crippen LogP contribution in [0.4, 0.5) is 16.2 Å². The van der Waals surface area contributed by atoms with Gasteiger partial charge in [-0.3, -0.25) is 0 Å². The molecule has 5 heteroatoms. The Kier molecular flexibility index (Phi) is 6.25. The van der Waals surface area contributed by atoms with E-state index >= 15 is 0 Å². The zero-order valence-corrected chi connectivity index (χ0v) is 17.3. The number of benzene rings is 2. The first-order valence-corrected chi connectivity index (χ1v) is 10.0. The number of carbonyl (C=O) groups is 1. The second-order valence-electron chi connectivity index (χ2n) is 7.97. The first-order chi connectivity index (χ1) is 13.4. The topological polar surface area (TPSA) is 67.6 Å². The molecule has 0 aromatic heterocycles. The summed E-state index contributed by atoms with van der Waals surface area (Å²) in [7, 11) is 0. The fourth-order valence-electron chi connectivity index (χ4n) is 3.72. The fourth-order valence-corrected chi connectivity index (χ4v) is 3.72. The van der Waals surface area contributed by atoms with E-state index in [0.29, 0.717) is 0 Å². The molecular weight excluding hydrogens is 350 g/mol. The van der Waals surface area contributed by atoms with Crippen molar-refractivity contribution >= 4 is 17.4 Å². The maximum absolute atomic E-state index is 11.6. The van der Waals surface area contributed by atoms with Crippen LogP contribution in [0.2, 0.25) is 0 Å². The van der Waals surface area contributed by atoms with Crippen LogP contribution in [0, 0.1) is 0 Å². The molecule has 2 aromatic rings. The zero-order chi connectivity index (χ0) is 20.3. The quantitative estimate of drug-likeness (QED) is 0.772. The van der Waals surface area contributed by atoms with Gasteiger partial charge in [-0.15, -0.1) is 0 Å². The van der Waals surface area contributed by atoms with E-state index in [1.54, 1.807) is 0 Å². The number of morpholine rings is 1. The van der Waals surface area contributed by atoms with Gasteiger partial charge in [-0.1, -0.05) is 39.8 Å². The number of hydrogen-bond acceptors (Lipinski definition) is 3. The summed E-state index contributed by atoms with van der Waals surface area (Å²) in [6.45, 7) is 12.0. The summed E-state index contributed by atoms with van der Waals surface area (Å²) in [6, 6.07) is 12.5. The van der Waals surface area contributed by atoms with Crippen molar-refractivity contribution in [2.24, 2.45) is 5.73 Å². The fraction of sp³-hybridized carbons (Fsp3) is 0.435. The number of ether oxygens (including phenoxy) is 1. The first kappa shape index (κ1) is 20.2. The predicted octanol–water partition coefficient (Wildman–Crippen LogP) is 4.93. The average molecular weight is 382 g/mol. The highest BCUT2D eigenvalue weighted by Gasteiger charge is 2.18. The summed E-state index contributed by atoms with van der Waals surface area (Å²) in [5.74, 6) is 0.541. The van der Waals surface area contributed by atoms with Crippen molar-refractivity contribution in [3.05, 3.63) is 47.5 Å². The number of nitrogens with zero attached hydrogens (tertiary/aromatic N) is 1. The molecule has 1 aliphatic rings. The smallest absolute Gasteiger partial charge is 0.316 e. The van der Waals surface area contributed by atoms with Crippen molar-refractivity contribution in [1.29, 1.82) is 0 Å². The summed E-state index contributed by atoms with van der Waals surface area (Å²) in [6.07, 6.45) is 0. The highest BCUT2D eigenvalue weighted by molar-refractivity contribution is 5.91. The third kappa shape index (κ3) is 4.47. The molecule has 150 valence electrons. The number of nitrogens with two attached hydrogens (primary N) is 1. The van der Waals surface area contributed by atoms with Gasteiger partial charge in [0.1, 0.15) is 0 Å². The van der Waals surface area contributed by atoms with Crippen molar-refractivity contribution in [3.63, 3.8) is 0 Å². The molecular formula is C23H31N3O2. The SMILES string of the molecule is CC(C)c1cc(-c2ccc(N3CCOCC3)cc2)cc(C(C)C)c1NC(N)=O. The van der Waals surface area contributed by atoms with Gasteiger partial charge in [-0.05, 0) is 58.4 Å². The molecule has 28 heavy (non-hydrogen) atoms. The second kappa shape index (κ2) is 8.65. The summed E-state index contributed by atoms with van der Waals surface area (Å²) < 4.78 is 5.44. The Bertz CT molecular complexity index is 793. The summed E-state index contributed by atoms with van der Waals surface area (Å²) >= 11 is 0. The molecule has 0 radical (unpaired) electrons. The zero-order valence-electron chi connectivity index (χ0n) is 17.3. The lowest BCUT2D eigenvalue weighted by Crippen LogP contribution is -2.36. The molecule has 1 saturated heterocycles. The van der Waals surface area contributed by atoms with Crippen molar-refractivity contribution in [3.8, 4) is 11.1 Å². The van der Waals surface area contributed by atoms with E-state index in [4.69, 9.17) is 10.5 Å². The van der Waals surface area contributed by atoms with Gasteiger partial charge in [-0.2, -0.15) is 0 Å². The summed E-state index contributed by atoms with van der Waals surface area (Å²) in [4.78, 5) is 13.9. The molecule has 3 rings (SSSR count). The highest BCUT2D eigenvalue weighted by Crippen LogP contribution is 2.37. The van der Waals surface area contributed by atoms with E-state index in [0.717, 1.165) is 48.7 Å². The largest absolute Gasteiger partial charge is 0.378 e. The second-order valence-corrected chi connectivity index (χ2v) is 7.97. The number of amides is 2. The molecule has 1 fully saturated rings. The first-order valence-electron chi connectivity index (χ1n) is 10.0. The molecule has 3 N–H and O–H groups in total. The molecule has 1 aliphatic heterocycles. The van der Waals surface area contributed by atoms with Crippen LogP contribution in [0.25, 0.3) is 11.1 Å². The van der Waals surface area contributed by atoms with E-state index in [9.17, 15) is 4.79 Å². The maximum Gasteiger partial charge on any atom is 0.316 e. The number of rotatable bonds is 5. The average Bonchev–Trinajstić information content (AvgIpc) is 2.68. The number of urea groups is 1. The van der Waals surface area contributed by atoms with Crippen LogP contribution < -0.4 is 16.0 Å². The van der Waals surface area contributed by atoms with Gasteiger partial charge in [0.15, 0.2) is 0 Å². The Morgan fingerprint density at radius 1 is 0.964 bits per heavy atom. The van der Waals surface area contributed by atoms with E-state index < -0.39 is 6.03 Å². The molecule has 0 unspecified atom stereocenters. The van der Waals surface area contributed by atoms with E-state index in [-0.39, 0.29) is 11.8 Å². The molecule has 5 nitrogen and oxygen atoms in total. The van der Waals surface area contributed by atoms with E-state index in [2.05, 4.69) is 74.3 Å². The normalized spacial score (nSPS) is 14.6. The molecule has 1 heterocycles. The van der Waals surface area contributed by atoms with Gasteiger partial charge >= 0.3 is 6.03 Å². The molecule has 2 amide bonds. The predicted molar refractivity (Wildman–Crippen MR) is 116 cm³/mol. The van der Waals surface area contributed by atoms with Gasteiger partial charge in [0.05, 0.1) is 13.2 Å². The molecule has 0 spiro atoms. The number of carbonyl (C=O) groups excluding carboxylic acids is 1. The molecule has 0 saturated carbocycles. The molecule has 2 aromatic carbocycles. The van der Waals surface area contributed by atoms with Gasteiger partial charge in [0.25, 0.3) is 0 Å². The van der Waals surface area contributed by atoms with Crippen LogP contribution in [0.3, 0.4) is 0 Å². The molecule has 0 aliphatic carbocycles. The van der Waals surface area contributed by atoms with Crippen molar-refractivity contribution in [2.75, 3.05) is 36.5 Å². The van der Waals surface area contributed by atoms with Gasteiger partial charge in [-0.25, -0.2) is 4.79 Å². The van der Waals surface area contributed by atoms with Crippen molar-refractivity contribution < 1.29 is 9.53 Å². The van der Waals surface area contributed by atoms with Gasteiger partial charge in [0.2, 0.25) is 0 Å². The number of hydrogen-bond donors (Lipinski definition) is 2. The minimum atomic E-state index is -0.522. The Morgan fingerprint density at radius 3 is 1.96 bits per heavy atom. The van der Waals surface area contributed by atoms with Crippen LogP contribution in [0.5, 0.6) is 0 Å². The Balaban J connectivity index is 2.00. The number of nitrogens with one attached hydrogen (secondary N) is 1. The minimum Gasteiger partial charge on any atom is -0.378 e. The van der Waals surface area contributed by atoms with Gasteiger partial charge in [0, 0.05) is 24.5 Å². The van der Waals surface area contributed by atoms with Crippen LogP contribution in [-0.2, 0) is 4.74 Å². The standard InChI is InChI=1S/C23H31N3O2/c1-15(2)20-13-18(14-21(16(3)4)22(20)25-23(24)27)17-5-7-19(8-6-17)26-9-11-28-12-10-26/h5-8,13-16H,9-12H2,1-4H3,(H3,24,25,27). The van der Waals surface area contributed by atoms with Crippen LogP contribution >= 0.6 is 0 Å². The summed E-state index contributed by atoms with van der Waals surface area (Å²) in [5.41, 5.74) is 12.1. The lowest BCUT2D eigenvalue weighted by Gasteiger charge is -2.29. The van der Waals surface area contributed by atoms with Crippen molar-refractivity contribution in [2.45, 2.75) is 39.5 Å². The lowest BCUT2D eigenvalue weighted by molar-refractivity contribution is 0.122. The van der Waals surface area contributed by atoms with Gasteiger partial charge < -0.3 is 20.7 Å². The monoisotopic (exact) mass is 381 g/mol. The van der Waals surface area contributed by atoms with Crippen LogP contribution in [0.15, 0.2) is 36.4 Å². The Labute approximate surface area is 167 Å². The third-order valence-electron chi connectivity index (χ3n) is 5.27. The Hall–Kier alpha value is -2.53. The summed E-state index contributed by atoms with van der Waals surface area (Å²) in [5, 5.41) is 2.86. The highest BCUT2D eigenvalue weighted by atomic mass is 16.5. The van der Waals surface area contributed by atoms with Crippen LogP contribution in [-0.4, -0.2) is 32.3 Å². The molecule has 0 bridgehead atoms. The maximum atomic E-state index is 11.6. The van der Waals surface area contributed by atoms with Crippen molar-refractivity contribution in [1.82, 2.24) is 0 Å². The van der Waals surface area contributed by atoms with Crippen LogP contribution in [0.1, 0.15) is 50.7 Å². The third-order valence-corrected chi connectivity index (χ3v) is 5.27. The molecule has 0 atom stereocenters. The number of primary amides is 1. The van der Waals surface area contributed by atoms with E-state index in [1.807, 2.05) is 0 Å². The Morgan fingerprint density at radius 2 is 1.50 bits per heavy atom. The number of anilines is 2. The lowest BCUT2D eigenvalue weighted by atomic mass is 9.88.